The molecular formula is C26H27F2N7O2. The summed E-state index contributed by atoms with van der Waals surface area (Å²) < 4.78 is 35.3. The Labute approximate surface area is 212 Å². The summed E-state index contributed by atoms with van der Waals surface area (Å²) in [4.78, 5) is 34.4. The van der Waals surface area contributed by atoms with E-state index >= 15 is 0 Å². The second kappa shape index (κ2) is 9.72. The van der Waals surface area contributed by atoms with Crippen molar-refractivity contribution in [2.24, 2.45) is 0 Å². The van der Waals surface area contributed by atoms with E-state index in [0.717, 1.165) is 6.07 Å². The van der Waals surface area contributed by atoms with Gasteiger partial charge in [-0.2, -0.15) is 0 Å². The van der Waals surface area contributed by atoms with Crippen LogP contribution in [-0.2, 0) is 4.74 Å². The van der Waals surface area contributed by atoms with Gasteiger partial charge in [0.1, 0.15) is 23.8 Å². The van der Waals surface area contributed by atoms with Crippen molar-refractivity contribution >= 4 is 22.9 Å². The SMILES string of the molecule is Cc1nccnc1-c1cn(-c2cc(F)cc(F)c2)c2ncnc(N3CCN(C(=O)OC(C)C)[C@H](C)C3)c12. The molecule has 1 aromatic carbocycles. The summed E-state index contributed by atoms with van der Waals surface area (Å²) in [6.45, 7) is 8.93. The van der Waals surface area contributed by atoms with Gasteiger partial charge in [0, 0.05) is 55.9 Å². The number of carbonyl (C=O) groups excluding carboxylic acids is 1. The van der Waals surface area contributed by atoms with Crippen molar-refractivity contribution in [1.82, 2.24) is 29.4 Å². The number of benzene rings is 1. The number of rotatable bonds is 4. The monoisotopic (exact) mass is 507 g/mol. The molecule has 3 aromatic heterocycles. The van der Waals surface area contributed by atoms with Gasteiger partial charge in [0.05, 0.1) is 28.6 Å². The number of fused-ring (bicyclic) bond motifs is 1. The molecule has 1 amide bonds. The van der Waals surface area contributed by atoms with Crippen LogP contribution in [0.3, 0.4) is 0 Å². The Morgan fingerprint density at radius 2 is 1.78 bits per heavy atom. The normalized spacial score (nSPS) is 16.0. The van der Waals surface area contributed by atoms with Gasteiger partial charge in [-0.05, 0) is 39.8 Å². The highest BCUT2D eigenvalue weighted by Gasteiger charge is 2.31. The third-order valence-corrected chi connectivity index (χ3v) is 6.32. The van der Waals surface area contributed by atoms with Crippen LogP contribution in [0.25, 0.3) is 28.0 Å². The smallest absolute Gasteiger partial charge is 0.410 e. The molecule has 5 rings (SSSR count). The van der Waals surface area contributed by atoms with Crippen LogP contribution < -0.4 is 4.90 Å². The molecule has 0 aliphatic carbocycles. The van der Waals surface area contributed by atoms with Crippen LogP contribution in [-0.4, -0.2) is 67.3 Å². The highest BCUT2D eigenvalue weighted by Crippen LogP contribution is 2.37. The van der Waals surface area contributed by atoms with E-state index in [0.29, 0.717) is 53.4 Å². The van der Waals surface area contributed by atoms with E-state index in [1.165, 1.54) is 18.5 Å². The van der Waals surface area contributed by atoms with E-state index in [-0.39, 0.29) is 23.9 Å². The zero-order valence-corrected chi connectivity index (χ0v) is 21.0. The van der Waals surface area contributed by atoms with Crippen molar-refractivity contribution in [2.45, 2.75) is 39.8 Å². The fourth-order valence-electron chi connectivity index (χ4n) is 4.70. The number of aryl methyl sites for hydroxylation is 1. The summed E-state index contributed by atoms with van der Waals surface area (Å²) in [5.41, 5.74) is 2.76. The molecule has 11 heteroatoms. The molecule has 0 spiro atoms. The fraction of sp³-hybridized carbons (Fsp3) is 0.346. The van der Waals surface area contributed by atoms with Gasteiger partial charge >= 0.3 is 6.09 Å². The van der Waals surface area contributed by atoms with E-state index in [9.17, 15) is 13.6 Å². The average molecular weight is 508 g/mol. The molecule has 1 aliphatic rings. The number of amides is 1. The van der Waals surface area contributed by atoms with Gasteiger partial charge in [0.15, 0.2) is 5.65 Å². The Morgan fingerprint density at radius 3 is 2.46 bits per heavy atom. The molecule has 1 atom stereocenters. The molecule has 4 heterocycles. The maximum absolute atomic E-state index is 14.1. The molecule has 1 aliphatic heterocycles. The van der Waals surface area contributed by atoms with Crippen LogP contribution in [0.4, 0.5) is 19.4 Å². The first kappa shape index (κ1) is 24.5. The maximum atomic E-state index is 14.1. The molecule has 0 N–H and O–H groups in total. The Morgan fingerprint density at radius 1 is 1.05 bits per heavy atom. The van der Waals surface area contributed by atoms with Gasteiger partial charge in [-0.25, -0.2) is 23.5 Å². The molecule has 0 saturated carbocycles. The molecule has 37 heavy (non-hydrogen) atoms. The molecular weight excluding hydrogens is 480 g/mol. The minimum Gasteiger partial charge on any atom is -0.447 e. The first-order chi connectivity index (χ1) is 17.7. The van der Waals surface area contributed by atoms with Crippen molar-refractivity contribution in [3.8, 4) is 16.9 Å². The molecule has 1 saturated heterocycles. The lowest BCUT2D eigenvalue weighted by atomic mass is 10.1. The number of halogens is 2. The predicted molar refractivity (Wildman–Crippen MR) is 135 cm³/mol. The first-order valence-electron chi connectivity index (χ1n) is 12.1. The lowest BCUT2D eigenvalue weighted by Crippen LogP contribution is -2.54. The van der Waals surface area contributed by atoms with E-state index in [2.05, 4.69) is 24.8 Å². The van der Waals surface area contributed by atoms with Crippen LogP contribution in [0.1, 0.15) is 26.5 Å². The molecule has 9 nitrogen and oxygen atoms in total. The lowest BCUT2D eigenvalue weighted by molar-refractivity contribution is 0.0625. The average Bonchev–Trinajstić information content (AvgIpc) is 3.23. The molecule has 192 valence electrons. The number of nitrogens with zero attached hydrogens (tertiary/aromatic N) is 7. The second-order valence-electron chi connectivity index (χ2n) is 9.35. The summed E-state index contributed by atoms with van der Waals surface area (Å²) in [6.07, 6.45) is 5.84. The molecule has 0 bridgehead atoms. The molecule has 0 unspecified atom stereocenters. The van der Waals surface area contributed by atoms with Crippen LogP contribution in [0, 0.1) is 18.6 Å². The number of anilines is 1. The summed E-state index contributed by atoms with van der Waals surface area (Å²) >= 11 is 0. The summed E-state index contributed by atoms with van der Waals surface area (Å²) in [5, 5.41) is 0.682. The number of piperazine rings is 1. The topological polar surface area (TPSA) is 89.3 Å². The fourth-order valence-corrected chi connectivity index (χ4v) is 4.70. The third kappa shape index (κ3) is 4.68. The van der Waals surface area contributed by atoms with Crippen LogP contribution >= 0.6 is 0 Å². The Hall–Kier alpha value is -4.15. The lowest BCUT2D eigenvalue weighted by Gasteiger charge is -2.40. The summed E-state index contributed by atoms with van der Waals surface area (Å²) in [6, 6.07) is 3.19. The van der Waals surface area contributed by atoms with Crippen molar-refractivity contribution < 1.29 is 18.3 Å². The standard InChI is InChI=1S/C26H27F2N7O2/c1-15(2)37-26(36)34-8-7-33(12-16(34)3)24-22-21(23-17(4)29-5-6-30-23)13-35(25(22)32-14-31-24)20-10-18(27)9-19(28)11-20/h5-6,9-11,13-16H,7-8,12H2,1-4H3/t16-/m1/s1. The van der Waals surface area contributed by atoms with Crippen molar-refractivity contribution in [3.05, 3.63) is 60.4 Å². The summed E-state index contributed by atoms with van der Waals surface area (Å²) in [7, 11) is 0. The number of aromatic nitrogens is 5. The van der Waals surface area contributed by atoms with Gasteiger partial charge in [0.25, 0.3) is 0 Å². The number of ether oxygens (including phenoxy) is 1. The molecule has 4 aromatic rings. The van der Waals surface area contributed by atoms with Crippen LogP contribution in [0.5, 0.6) is 0 Å². The van der Waals surface area contributed by atoms with E-state index in [1.54, 1.807) is 28.1 Å². The maximum Gasteiger partial charge on any atom is 0.410 e. The van der Waals surface area contributed by atoms with Crippen molar-refractivity contribution in [3.63, 3.8) is 0 Å². The first-order valence-corrected chi connectivity index (χ1v) is 12.1. The van der Waals surface area contributed by atoms with Gasteiger partial charge in [-0.3, -0.25) is 9.97 Å². The van der Waals surface area contributed by atoms with Crippen molar-refractivity contribution in [1.29, 1.82) is 0 Å². The number of hydrogen-bond donors (Lipinski definition) is 0. The largest absolute Gasteiger partial charge is 0.447 e. The minimum absolute atomic E-state index is 0.133. The van der Waals surface area contributed by atoms with E-state index in [1.807, 2.05) is 27.7 Å². The zero-order chi connectivity index (χ0) is 26.3. The second-order valence-corrected chi connectivity index (χ2v) is 9.35. The van der Waals surface area contributed by atoms with Gasteiger partial charge in [-0.1, -0.05) is 0 Å². The van der Waals surface area contributed by atoms with Gasteiger partial charge < -0.3 is 19.1 Å². The number of hydrogen-bond acceptors (Lipinski definition) is 7. The Balaban J connectivity index is 1.63. The van der Waals surface area contributed by atoms with E-state index in [4.69, 9.17) is 4.74 Å². The third-order valence-electron chi connectivity index (χ3n) is 6.32. The van der Waals surface area contributed by atoms with Gasteiger partial charge in [0.2, 0.25) is 0 Å². The predicted octanol–water partition coefficient (Wildman–Crippen LogP) is 4.52. The highest BCUT2D eigenvalue weighted by atomic mass is 19.1. The molecule has 0 radical (unpaired) electrons. The van der Waals surface area contributed by atoms with Crippen molar-refractivity contribution in [2.75, 3.05) is 24.5 Å². The van der Waals surface area contributed by atoms with Crippen LogP contribution in [0.15, 0.2) is 43.1 Å². The van der Waals surface area contributed by atoms with E-state index < -0.39 is 11.6 Å². The van der Waals surface area contributed by atoms with Crippen LogP contribution in [0.2, 0.25) is 0 Å². The Kier molecular flexibility index (Phi) is 6.45. The number of carbonyl (C=O) groups is 1. The highest BCUT2D eigenvalue weighted by molar-refractivity contribution is 6.02. The quantitative estimate of drug-likeness (QED) is 0.401. The molecule has 1 fully saturated rings. The minimum atomic E-state index is -0.693. The zero-order valence-electron chi connectivity index (χ0n) is 21.0. The summed E-state index contributed by atoms with van der Waals surface area (Å²) in [5.74, 6) is -0.743. The van der Waals surface area contributed by atoms with Gasteiger partial charge in [-0.15, -0.1) is 0 Å². The Bertz CT molecular complexity index is 1450.